The fourth-order valence-corrected chi connectivity index (χ4v) is 6.73. The predicted molar refractivity (Wildman–Crippen MR) is 185 cm³/mol. The van der Waals surface area contributed by atoms with E-state index in [0.29, 0.717) is 13.1 Å². The number of benzene rings is 2. The lowest BCUT2D eigenvalue weighted by Gasteiger charge is -2.27. The molecule has 2 aromatic heterocycles. The zero-order valence-electron chi connectivity index (χ0n) is 27.9. The molecule has 47 heavy (non-hydrogen) atoms. The summed E-state index contributed by atoms with van der Waals surface area (Å²) >= 11 is 3.66. The van der Waals surface area contributed by atoms with Gasteiger partial charge in [-0.15, -0.1) is 0 Å². The second-order valence-corrected chi connectivity index (χ2v) is 15.1. The number of carbonyl (C=O) groups excluding carboxylic acids is 2. The van der Waals surface area contributed by atoms with Gasteiger partial charge in [0.1, 0.15) is 33.1 Å². The number of halogens is 1. The summed E-state index contributed by atoms with van der Waals surface area (Å²) in [7, 11) is 0. The van der Waals surface area contributed by atoms with Crippen molar-refractivity contribution in [3.8, 4) is 33.6 Å². The summed E-state index contributed by atoms with van der Waals surface area (Å²) in [5, 5.41) is 0. The van der Waals surface area contributed by atoms with Crippen LogP contribution in [0.2, 0.25) is 0 Å². The molecule has 2 amide bonds. The van der Waals surface area contributed by atoms with Gasteiger partial charge in [-0.3, -0.25) is 9.80 Å². The molecule has 0 spiro atoms. The van der Waals surface area contributed by atoms with Crippen molar-refractivity contribution in [2.24, 2.45) is 0 Å². The number of aromatic amines is 2. The summed E-state index contributed by atoms with van der Waals surface area (Å²) in [6.07, 6.45) is 4.72. The molecular formula is C36H43BrN6O4. The number of hydrogen-bond acceptors (Lipinski definition) is 6. The van der Waals surface area contributed by atoms with Crippen molar-refractivity contribution in [2.45, 2.75) is 90.5 Å². The first-order valence-corrected chi connectivity index (χ1v) is 17.1. The van der Waals surface area contributed by atoms with Crippen LogP contribution in [0.25, 0.3) is 33.6 Å². The summed E-state index contributed by atoms with van der Waals surface area (Å²) in [6.45, 7) is 12.6. The van der Waals surface area contributed by atoms with Gasteiger partial charge in [-0.1, -0.05) is 48.5 Å². The van der Waals surface area contributed by atoms with Gasteiger partial charge in [0.15, 0.2) is 0 Å². The molecule has 4 heterocycles. The Bertz CT molecular complexity index is 1730. The summed E-state index contributed by atoms with van der Waals surface area (Å²) in [5.41, 5.74) is 4.79. The minimum Gasteiger partial charge on any atom is -0.444 e. The van der Waals surface area contributed by atoms with Gasteiger partial charge in [0, 0.05) is 18.7 Å². The number of imidazole rings is 2. The molecule has 0 saturated carbocycles. The van der Waals surface area contributed by atoms with Crippen LogP contribution in [0.3, 0.4) is 0 Å². The number of likely N-dealkylation sites (tertiary alicyclic amines) is 2. The maximum Gasteiger partial charge on any atom is 0.410 e. The lowest BCUT2D eigenvalue weighted by atomic mass is 10.0. The fourth-order valence-electron chi connectivity index (χ4n) is 6.21. The van der Waals surface area contributed by atoms with Gasteiger partial charge >= 0.3 is 12.2 Å². The quantitative estimate of drug-likeness (QED) is 0.214. The molecule has 2 aliphatic heterocycles. The summed E-state index contributed by atoms with van der Waals surface area (Å²) in [4.78, 5) is 45.5. The number of amides is 2. The number of nitrogens with one attached hydrogen (secondary N) is 2. The molecule has 11 heteroatoms. The molecular weight excluding hydrogens is 660 g/mol. The molecule has 248 valence electrons. The van der Waals surface area contributed by atoms with Crippen molar-refractivity contribution >= 4 is 28.1 Å². The van der Waals surface area contributed by atoms with E-state index in [9.17, 15) is 9.59 Å². The second-order valence-electron chi connectivity index (χ2n) is 14.3. The van der Waals surface area contributed by atoms with E-state index >= 15 is 0 Å². The van der Waals surface area contributed by atoms with Gasteiger partial charge in [-0.05, 0) is 99.8 Å². The maximum absolute atomic E-state index is 12.8. The molecule has 0 bridgehead atoms. The standard InChI is InChI=1S/C36H43BrN6O4/c1-35(2,3)46-33(44)42-19-7-9-27(42)31-38-21-26(39-31)24-15-11-22(12-16-24)23-13-17-25(18-14-23)29-30(37)41-32(40-29)28-10-8-20-43(28)34(45)47-36(4,5)6/h11-18,21,27-28H,7-10,19-20H2,1-6H3,(H,38,39)(H,40,41). The average Bonchev–Trinajstić information content (AvgIpc) is 3.81. The Kier molecular flexibility index (Phi) is 8.95. The third-order valence-electron chi connectivity index (χ3n) is 8.35. The third-order valence-corrected chi connectivity index (χ3v) is 8.93. The molecule has 0 radical (unpaired) electrons. The minimum atomic E-state index is -0.550. The lowest BCUT2D eigenvalue weighted by molar-refractivity contribution is 0.0208. The Hall–Kier alpha value is -4.12. The van der Waals surface area contributed by atoms with E-state index in [1.165, 1.54) is 0 Å². The number of aromatic nitrogens is 4. The van der Waals surface area contributed by atoms with Gasteiger partial charge in [0.05, 0.1) is 24.0 Å². The normalized spacial score (nSPS) is 18.5. The minimum absolute atomic E-state index is 0.121. The monoisotopic (exact) mass is 702 g/mol. The molecule has 2 unspecified atom stereocenters. The molecule has 10 nitrogen and oxygen atoms in total. The zero-order valence-corrected chi connectivity index (χ0v) is 29.5. The molecule has 2 atom stereocenters. The van der Waals surface area contributed by atoms with Crippen LogP contribution in [0, 0.1) is 0 Å². The van der Waals surface area contributed by atoms with E-state index in [1.54, 1.807) is 9.80 Å². The van der Waals surface area contributed by atoms with Gasteiger partial charge < -0.3 is 19.4 Å². The van der Waals surface area contributed by atoms with Crippen LogP contribution in [0.15, 0.2) is 59.3 Å². The van der Waals surface area contributed by atoms with Gasteiger partial charge in [0.2, 0.25) is 0 Å². The van der Waals surface area contributed by atoms with Crippen molar-refractivity contribution in [2.75, 3.05) is 13.1 Å². The molecule has 2 aliphatic rings. The zero-order chi connectivity index (χ0) is 33.5. The SMILES string of the molecule is CC(C)(C)OC(=O)N1CCCC1c1ncc(-c2ccc(-c3ccc(-c4nc(C5CCCN5C(=O)OC(C)(C)C)[nH]c4Br)cc3)cc2)[nH]1. The fraction of sp³-hybridized carbons (Fsp3) is 0.444. The summed E-state index contributed by atoms with van der Waals surface area (Å²) in [5.74, 6) is 1.53. The highest BCUT2D eigenvalue weighted by Gasteiger charge is 2.36. The van der Waals surface area contributed by atoms with E-state index < -0.39 is 11.2 Å². The number of ether oxygens (including phenoxy) is 2. The van der Waals surface area contributed by atoms with Gasteiger partial charge in [-0.25, -0.2) is 19.6 Å². The summed E-state index contributed by atoms with van der Waals surface area (Å²) in [6, 6.07) is 16.4. The van der Waals surface area contributed by atoms with Crippen molar-refractivity contribution in [3.63, 3.8) is 0 Å². The first-order valence-electron chi connectivity index (χ1n) is 16.3. The van der Waals surface area contributed by atoms with Crippen LogP contribution in [0.4, 0.5) is 9.59 Å². The molecule has 0 aliphatic carbocycles. The van der Waals surface area contributed by atoms with Crippen LogP contribution in [-0.4, -0.2) is 66.2 Å². The van der Waals surface area contributed by atoms with Crippen LogP contribution in [0.1, 0.15) is 91.0 Å². The molecule has 6 rings (SSSR count). The molecule has 2 saturated heterocycles. The van der Waals surface area contributed by atoms with Crippen LogP contribution < -0.4 is 0 Å². The van der Waals surface area contributed by atoms with E-state index in [1.807, 2.05) is 47.7 Å². The Balaban J connectivity index is 1.13. The number of hydrogen-bond donors (Lipinski definition) is 2. The Morgan fingerprint density at radius 2 is 1.19 bits per heavy atom. The smallest absolute Gasteiger partial charge is 0.410 e. The third kappa shape index (κ3) is 7.40. The van der Waals surface area contributed by atoms with E-state index in [-0.39, 0.29) is 24.3 Å². The van der Waals surface area contributed by atoms with E-state index in [2.05, 4.69) is 79.4 Å². The largest absolute Gasteiger partial charge is 0.444 e. The Morgan fingerprint density at radius 1 is 0.723 bits per heavy atom. The Morgan fingerprint density at radius 3 is 1.70 bits per heavy atom. The van der Waals surface area contributed by atoms with Crippen molar-refractivity contribution in [1.29, 1.82) is 0 Å². The van der Waals surface area contributed by atoms with Crippen LogP contribution >= 0.6 is 15.9 Å². The van der Waals surface area contributed by atoms with Gasteiger partial charge in [0.25, 0.3) is 0 Å². The highest BCUT2D eigenvalue weighted by Crippen LogP contribution is 2.37. The maximum atomic E-state index is 12.8. The van der Waals surface area contributed by atoms with E-state index in [4.69, 9.17) is 14.5 Å². The number of rotatable bonds is 5. The molecule has 2 fully saturated rings. The van der Waals surface area contributed by atoms with Crippen LogP contribution in [-0.2, 0) is 9.47 Å². The average molecular weight is 704 g/mol. The van der Waals surface area contributed by atoms with Crippen molar-refractivity contribution < 1.29 is 19.1 Å². The lowest BCUT2D eigenvalue weighted by Crippen LogP contribution is -2.36. The summed E-state index contributed by atoms with van der Waals surface area (Å²) < 4.78 is 12.1. The topological polar surface area (TPSA) is 116 Å². The number of carbonyl (C=O) groups is 2. The number of nitrogens with zero attached hydrogens (tertiary/aromatic N) is 4. The van der Waals surface area contributed by atoms with Crippen molar-refractivity contribution in [3.05, 3.63) is 71.0 Å². The van der Waals surface area contributed by atoms with E-state index in [0.717, 1.165) is 75.6 Å². The van der Waals surface area contributed by atoms with Crippen LogP contribution in [0.5, 0.6) is 0 Å². The second kappa shape index (κ2) is 12.8. The van der Waals surface area contributed by atoms with Gasteiger partial charge in [-0.2, -0.15) is 0 Å². The first kappa shape index (κ1) is 32.8. The molecule has 4 aromatic rings. The molecule has 2 aromatic carbocycles. The molecule has 2 N–H and O–H groups in total. The Labute approximate surface area is 284 Å². The highest BCUT2D eigenvalue weighted by atomic mass is 79.9. The highest BCUT2D eigenvalue weighted by molar-refractivity contribution is 9.10. The number of H-pyrrole nitrogens is 2. The van der Waals surface area contributed by atoms with Crippen molar-refractivity contribution in [1.82, 2.24) is 29.7 Å². The first-order chi connectivity index (χ1) is 22.3. The predicted octanol–water partition coefficient (Wildman–Crippen LogP) is 9.04.